The number of aliphatic hydroxyl groups is 2. The van der Waals surface area contributed by atoms with E-state index in [0.29, 0.717) is 0 Å². The van der Waals surface area contributed by atoms with E-state index in [1.54, 1.807) is 0 Å². The summed E-state index contributed by atoms with van der Waals surface area (Å²) in [6, 6.07) is 0. The summed E-state index contributed by atoms with van der Waals surface area (Å²) in [7, 11) is -4.58. The maximum atomic E-state index is 10.3. The average Bonchev–Trinajstić information content (AvgIpc) is 1.84. The predicted octanol–water partition coefficient (Wildman–Crippen LogP) is -1.70. The van der Waals surface area contributed by atoms with Gasteiger partial charge in [-0.25, -0.2) is 4.57 Å². The summed E-state index contributed by atoms with van der Waals surface area (Å²) in [6.45, 7) is -0.739. The SMILES string of the molecule is O=P(O)(O)ON(CCO)CCO. The van der Waals surface area contributed by atoms with Crippen LogP contribution in [-0.2, 0) is 9.19 Å². The molecule has 0 unspecified atom stereocenters. The van der Waals surface area contributed by atoms with Crippen LogP contribution in [0.25, 0.3) is 0 Å². The van der Waals surface area contributed by atoms with Gasteiger partial charge in [-0.15, -0.1) is 0 Å². The number of hydroxylamine groups is 2. The van der Waals surface area contributed by atoms with E-state index in [1.807, 2.05) is 0 Å². The fourth-order valence-electron chi connectivity index (χ4n) is 0.567. The lowest BCUT2D eigenvalue weighted by molar-refractivity contribution is -0.0951. The predicted molar refractivity (Wildman–Crippen MR) is 38.9 cm³/mol. The minimum Gasteiger partial charge on any atom is -0.395 e. The van der Waals surface area contributed by atoms with Crippen LogP contribution >= 0.6 is 7.82 Å². The van der Waals surface area contributed by atoms with Crippen LogP contribution < -0.4 is 0 Å². The maximum absolute atomic E-state index is 10.3. The van der Waals surface area contributed by atoms with Gasteiger partial charge in [-0.05, 0) is 0 Å². The molecule has 8 heteroatoms. The van der Waals surface area contributed by atoms with Gasteiger partial charge in [-0.2, -0.15) is 9.69 Å². The van der Waals surface area contributed by atoms with Crippen LogP contribution in [0.2, 0.25) is 0 Å². The highest BCUT2D eigenvalue weighted by atomic mass is 31.2. The molecule has 0 amide bonds. The summed E-state index contributed by atoms with van der Waals surface area (Å²) in [5.41, 5.74) is 0. The first-order chi connectivity index (χ1) is 5.49. The molecule has 0 spiro atoms. The number of nitrogens with zero attached hydrogens (tertiary/aromatic N) is 1. The third-order valence-corrected chi connectivity index (χ3v) is 1.36. The molecule has 0 aromatic carbocycles. The smallest absolute Gasteiger partial charge is 0.395 e. The second-order valence-corrected chi connectivity index (χ2v) is 3.09. The first-order valence-corrected chi connectivity index (χ1v) is 4.74. The topological polar surface area (TPSA) is 110 Å². The molecule has 0 aliphatic carbocycles. The fraction of sp³-hybridized carbons (Fsp3) is 1.00. The lowest BCUT2D eigenvalue weighted by Crippen LogP contribution is -2.29. The van der Waals surface area contributed by atoms with Gasteiger partial charge in [0.1, 0.15) is 0 Å². The molecule has 0 atom stereocenters. The Balaban J connectivity index is 3.86. The molecule has 12 heavy (non-hydrogen) atoms. The van der Waals surface area contributed by atoms with Gasteiger partial charge in [0.05, 0.1) is 13.2 Å². The Morgan fingerprint density at radius 3 is 1.83 bits per heavy atom. The van der Waals surface area contributed by atoms with Crippen molar-refractivity contribution < 1.29 is 29.2 Å². The van der Waals surface area contributed by atoms with Crippen molar-refractivity contribution in [1.82, 2.24) is 5.06 Å². The highest BCUT2D eigenvalue weighted by Crippen LogP contribution is 2.36. The van der Waals surface area contributed by atoms with Crippen molar-refractivity contribution in [2.24, 2.45) is 0 Å². The van der Waals surface area contributed by atoms with Crippen LogP contribution in [0.4, 0.5) is 0 Å². The van der Waals surface area contributed by atoms with E-state index in [9.17, 15) is 4.57 Å². The van der Waals surface area contributed by atoms with Crippen LogP contribution in [0.15, 0.2) is 0 Å². The number of phosphoric acid groups is 1. The number of rotatable bonds is 6. The molecule has 74 valence electrons. The van der Waals surface area contributed by atoms with Crippen molar-refractivity contribution in [3.63, 3.8) is 0 Å². The molecule has 0 aliphatic heterocycles. The third kappa shape index (κ3) is 6.68. The van der Waals surface area contributed by atoms with E-state index < -0.39 is 7.82 Å². The summed E-state index contributed by atoms with van der Waals surface area (Å²) in [5.74, 6) is 0. The zero-order valence-corrected chi connectivity index (χ0v) is 7.22. The van der Waals surface area contributed by atoms with E-state index in [1.165, 1.54) is 0 Å². The Morgan fingerprint density at radius 2 is 1.58 bits per heavy atom. The summed E-state index contributed by atoms with van der Waals surface area (Å²) in [4.78, 5) is 16.7. The third-order valence-electron chi connectivity index (χ3n) is 0.921. The molecule has 0 saturated carbocycles. The molecule has 0 heterocycles. The lowest BCUT2D eigenvalue weighted by atomic mass is 10.6. The number of hydrogen-bond donors (Lipinski definition) is 4. The molecule has 7 nitrogen and oxygen atoms in total. The van der Waals surface area contributed by atoms with Gasteiger partial charge in [0.15, 0.2) is 0 Å². The lowest BCUT2D eigenvalue weighted by Gasteiger charge is -2.19. The monoisotopic (exact) mass is 201 g/mol. The second kappa shape index (κ2) is 5.60. The summed E-state index contributed by atoms with van der Waals surface area (Å²) in [5, 5.41) is 17.6. The van der Waals surface area contributed by atoms with Gasteiger partial charge in [-0.1, -0.05) is 0 Å². The van der Waals surface area contributed by atoms with Crippen molar-refractivity contribution in [3.8, 4) is 0 Å². The van der Waals surface area contributed by atoms with E-state index in [4.69, 9.17) is 20.0 Å². The van der Waals surface area contributed by atoms with Gasteiger partial charge < -0.3 is 20.0 Å². The average molecular weight is 201 g/mol. The van der Waals surface area contributed by atoms with Crippen molar-refractivity contribution in [2.75, 3.05) is 26.3 Å². The van der Waals surface area contributed by atoms with Crippen LogP contribution in [-0.4, -0.2) is 51.4 Å². The fourth-order valence-corrected chi connectivity index (χ4v) is 1.03. The van der Waals surface area contributed by atoms with E-state index in [2.05, 4.69) is 4.62 Å². The zero-order valence-electron chi connectivity index (χ0n) is 6.33. The maximum Gasteiger partial charge on any atom is 0.486 e. The first-order valence-electron chi connectivity index (χ1n) is 3.21. The van der Waals surface area contributed by atoms with Gasteiger partial charge >= 0.3 is 7.82 Å². The molecule has 0 radical (unpaired) electrons. The van der Waals surface area contributed by atoms with E-state index in [0.717, 1.165) is 5.06 Å². The summed E-state index contributed by atoms with van der Waals surface area (Å²) >= 11 is 0. The first kappa shape index (κ1) is 12.0. The summed E-state index contributed by atoms with van der Waals surface area (Å²) in [6.07, 6.45) is 0. The highest BCUT2D eigenvalue weighted by Gasteiger charge is 2.19. The Hall–Kier alpha value is -0.0100. The molecule has 0 aromatic heterocycles. The molecule has 4 N–H and O–H groups in total. The number of aliphatic hydroxyl groups excluding tert-OH is 2. The van der Waals surface area contributed by atoms with Gasteiger partial charge in [0.25, 0.3) is 0 Å². The largest absolute Gasteiger partial charge is 0.486 e. The quantitative estimate of drug-likeness (QED) is 0.299. The summed E-state index contributed by atoms with van der Waals surface area (Å²) < 4.78 is 14.4. The Bertz CT molecular complexity index is 152. The molecular formula is C4H12NO6P. The Kier molecular flexibility index (Phi) is 5.60. The van der Waals surface area contributed by atoms with Crippen molar-refractivity contribution >= 4 is 7.82 Å². The van der Waals surface area contributed by atoms with Crippen molar-refractivity contribution in [2.45, 2.75) is 0 Å². The van der Waals surface area contributed by atoms with Gasteiger partial charge in [0, 0.05) is 13.1 Å². The van der Waals surface area contributed by atoms with Crippen LogP contribution in [0.5, 0.6) is 0 Å². The van der Waals surface area contributed by atoms with E-state index in [-0.39, 0.29) is 26.3 Å². The van der Waals surface area contributed by atoms with Crippen LogP contribution in [0.3, 0.4) is 0 Å². The molecule has 0 aromatic rings. The van der Waals surface area contributed by atoms with Crippen LogP contribution in [0, 0.1) is 0 Å². The number of hydrogen-bond acceptors (Lipinski definition) is 5. The van der Waals surface area contributed by atoms with Gasteiger partial charge in [-0.3, -0.25) is 0 Å². The molecule has 0 bridgehead atoms. The minimum atomic E-state index is -4.58. The molecule has 0 rings (SSSR count). The standard InChI is InChI=1S/C4H12NO6P/c6-3-1-5(2-4-7)11-12(8,9)10/h6-7H,1-4H2,(H2,8,9,10). The van der Waals surface area contributed by atoms with Crippen molar-refractivity contribution in [1.29, 1.82) is 0 Å². The zero-order chi connectivity index (χ0) is 9.61. The van der Waals surface area contributed by atoms with Crippen molar-refractivity contribution in [3.05, 3.63) is 0 Å². The normalized spacial score (nSPS) is 12.4. The Morgan fingerprint density at radius 1 is 1.17 bits per heavy atom. The second-order valence-electron chi connectivity index (χ2n) is 1.95. The molecule has 0 fully saturated rings. The van der Waals surface area contributed by atoms with Crippen LogP contribution in [0.1, 0.15) is 0 Å². The minimum absolute atomic E-state index is 0.0638. The molecule has 0 saturated heterocycles. The molecule has 0 aliphatic rings. The van der Waals surface area contributed by atoms with E-state index >= 15 is 0 Å². The van der Waals surface area contributed by atoms with Gasteiger partial charge in [0.2, 0.25) is 0 Å². The molecular weight excluding hydrogens is 189 g/mol. The highest BCUT2D eigenvalue weighted by molar-refractivity contribution is 7.46. The Labute approximate surface area is 69.4 Å².